The first-order valence-electron chi connectivity index (χ1n) is 7.03. The molecule has 22 heavy (non-hydrogen) atoms. The molecule has 3 rings (SSSR count). The molecule has 0 aliphatic heterocycles. The number of rotatable bonds is 4. The van der Waals surface area contributed by atoms with Crippen LogP contribution in [0.1, 0.15) is 16.8 Å². The number of fused-ring (bicyclic) bond motifs is 2. The fraction of sp³-hybridized carbons (Fsp3) is 0.312. The molecule has 2 aliphatic carbocycles. The molecule has 0 aromatic heterocycles. The van der Waals surface area contributed by atoms with Gasteiger partial charge in [0.05, 0.1) is 23.1 Å². The smallest absolute Gasteiger partial charge is 0.337 e. The van der Waals surface area contributed by atoms with Gasteiger partial charge in [-0.1, -0.05) is 24.3 Å². The van der Waals surface area contributed by atoms with Gasteiger partial charge in [-0.15, -0.1) is 0 Å². The van der Waals surface area contributed by atoms with Crippen molar-refractivity contribution in [1.82, 2.24) is 0 Å². The fourth-order valence-corrected chi connectivity index (χ4v) is 3.51. The molecule has 0 spiro atoms. The van der Waals surface area contributed by atoms with E-state index in [2.05, 4.69) is 5.32 Å². The Morgan fingerprint density at radius 2 is 1.64 bits per heavy atom. The van der Waals surface area contributed by atoms with Gasteiger partial charge in [-0.3, -0.25) is 9.59 Å². The molecule has 0 heterocycles. The third-order valence-corrected chi connectivity index (χ3v) is 4.46. The Labute approximate surface area is 126 Å². The summed E-state index contributed by atoms with van der Waals surface area (Å²) in [6, 6.07) is 6.09. The normalized spacial score (nSPS) is 28.5. The van der Waals surface area contributed by atoms with Gasteiger partial charge < -0.3 is 15.5 Å². The van der Waals surface area contributed by atoms with Crippen LogP contribution >= 0.6 is 0 Å². The molecule has 1 saturated carbocycles. The molecular formula is C16H15NO5. The average molecular weight is 301 g/mol. The van der Waals surface area contributed by atoms with E-state index in [1.54, 1.807) is 12.1 Å². The van der Waals surface area contributed by atoms with Crippen LogP contribution in [0.4, 0.5) is 5.69 Å². The topological polar surface area (TPSA) is 104 Å². The van der Waals surface area contributed by atoms with E-state index in [1.807, 2.05) is 12.2 Å². The lowest BCUT2D eigenvalue weighted by Gasteiger charge is -2.24. The quantitative estimate of drug-likeness (QED) is 0.736. The third-order valence-electron chi connectivity index (χ3n) is 4.46. The van der Waals surface area contributed by atoms with Crippen molar-refractivity contribution in [3.63, 3.8) is 0 Å². The molecule has 1 fully saturated rings. The summed E-state index contributed by atoms with van der Waals surface area (Å²) in [7, 11) is 0. The summed E-state index contributed by atoms with van der Waals surface area (Å²) < 4.78 is 0. The molecule has 2 aliphatic rings. The lowest BCUT2D eigenvalue weighted by Crippen LogP contribution is -2.36. The van der Waals surface area contributed by atoms with Crippen LogP contribution in [0.25, 0.3) is 0 Å². The van der Waals surface area contributed by atoms with Crippen molar-refractivity contribution >= 4 is 23.5 Å². The van der Waals surface area contributed by atoms with Gasteiger partial charge in [-0.05, 0) is 30.4 Å². The van der Waals surface area contributed by atoms with E-state index in [9.17, 15) is 19.5 Å². The van der Waals surface area contributed by atoms with Crippen molar-refractivity contribution < 1.29 is 24.6 Å². The molecular weight excluding hydrogens is 286 g/mol. The van der Waals surface area contributed by atoms with Crippen LogP contribution in [0.15, 0.2) is 36.4 Å². The number of allylic oxidation sites excluding steroid dienone is 2. The van der Waals surface area contributed by atoms with Crippen molar-refractivity contribution in [1.29, 1.82) is 0 Å². The van der Waals surface area contributed by atoms with Gasteiger partial charge in [0, 0.05) is 0 Å². The zero-order chi connectivity index (χ0) is 15.9. The number of carboxylic acid groups (broad SMARTS) is 2. The van der Waals surface area contributed by atoms with Gasteiger partial charge in [-0.25, -0.2) is 4.79 Å². The fourth-order valence-electron chi connectivity index (χ4n) is 3.51. The number of hydrogen-bond donors (Lipinski definition) is 3. The number of benzene rings is 1. The number of para-hydroxylation sites is 1. The van der Waals surface area contributed by atoms with Gasteiger partial charge >= 0.3 is 11.9 Å². The standard InChI is InChI=1S/C16H15NO5/c18-14(17-11-4-2-1-3-10(11)15(19)20)12-8-5-6-9(7-8)13(12)16(21)22/h1-6,8-9,12-13H,7H2,(H,17,18)(H,19,20)(H,21,22)/t8-,9-,12-,13+/m0/s1. The van der Waals surface area contributed by atoms with Crippen molar-refractivity contribution in [3.8, 4) is 0 Å². The molecule has 3 N–H and O–H groups in total. The van der Waals surface area contributed by atoms with Gasteiger partial charge in [0.25, 0.3) is 0 Å². The number of aromatic carboxylic acids is 1. The van der Waals surface area contributed by atoms with Crippen molar-refractivity contribution in [2.24, 2.45) is 23.7 Å². The van der Waals surface area contributed by atoms with E-state index >= 15 is 0 Å². The van der Waals surface area contributed by atoms with E-state index in [-0.39, 0.29) is 23.1 Å². The highest BCUT2D eigenvalue weighted by Crippen LogP contribution is 2.48. The van der Waals surface area contributed by atoms with Crippen LogP contribution in [0, 0.1) is 23.7 Å². The summed E-state index contributed by atoms with van der Waals surface area (Å²) in [6.07, 6.45) is 4.41. The first kappa shape index (κ1) is 14.3. The number of nitrogens with one attached hydrogen (secondary N) is 1. The number of anilines is 1. The summed E-state index contributed by atoms with van der Waals surface area (Å²) >= 11 is 0. The minimum atomic E-state index is -1.14. The van der Waals surface area contributed by atoms with Crippen LogP contribution in [-0.2, 0) is 9.59 Å². The summed E-state index contributed by atoms with van der Waals surface area (Å²) in [4.78, 5) is 35.1. The second kappa shape index (κ2) is 5.29. The first-order chi connectivity index (χ1) is 10.5. The Morgan fingerprint density at radius 3 is 2.27 bits per heavy atom. The van der Waals surface area contributed by atoms with Crippen molar-refractivity contribution in [3.05, 3.63) is 42.0 Å². The number of aliphatic carboxylic acids is 1. The minimum absolute atomic E-state index is 0.0126. The van der Waals surface area contributed by atoms with Gasteiger partial charge in [0.2, 0.25) is 5.91 Å². The second-order valence-electron chi connectivity index (χ2n) is 5.68. The highest BCUT2D eigenvalue weighted by molar-refractivity contribution is 6.02. The second-order valence-corrected chi connectivity index (χ2v) is 5.68. The molecule has 114 valence electrons. The van der Waals surface area contributed by atoms with Crippen LogP contribution in [-0.4, -0.2) is 28.1 Å². The monoisotopic (exact) mass is 301 g/mol. The maximum absolute atomic E-state index is 12.5. The highest BCUT2D eigenvalue weighted by atomic mass is 16.4. The van der Waals surface area contributed by atoms with Crippen LogP contribution in [0.2, 0.25) is 0 Å². The molecule has 0 unspecified atom stereocenters. The summed E-state index contributed by atoms with van der Waals surface area (Å²) in [5.74, 6) is -4.17. The van der Waals surface area contributed by atoms with Gasteiger partial charge in [-0.2, -0.15) is 0 Å². The maximum Gasteiger partial charge on any atom is 0.337 e. The molecule has 4 atom stereocenters. The minimum Gasteiger partial charge on any atom is -0.481 e. The lowest BCUT2D eigenvalue weighted by atomic mass is 9.82. The van der Waals surface area contributed by atoms with Crippen molar-refractivity contribution in [2.75, 3.05) is 5.32 Å². The summed E-state index contributed by atoms with van der Waals surface area (Å²) in [6.45, 7) is 0. The van der Waals surface area contributed by atoms with E-state index in [0.717, 1.165) is 0 Å². The number of carbonyl (C=O) groups is 3. The molecule has 6 heteroatoms. The molecule has 6 nitrogen and oxygen atoms in total. The van der Waals surface area contributed by atoms with Crippen LogP contribution in [0.5, 0.6) is 0 Å². The van der Waals surface area contributed by atoms with E-state index in [1.165, 1.54) is 12.1 Å². The summed E-state index contributed by atoms with van der Waals surface area (Å²) in [5.41, 5.74) is 0.178. The molecule has 1 amide bonds. The first-order valence-corrected chi connectivity index (χ1v) is 7.03. The SMILES string of the molecule is O=C(O)c1ccccc1NC(=O)[C@@H]1[C@H](C(=O)O)[C@H]2C=C[C@H]1C2. The Balaban J connectivity index is 1.85. The van der Waals surface area contributed by atoms with Crippen LogP contribution in [0.3, 0.4) is 0 Å². The van der Waals surface area contributed by atoms with E-state index in [0.29, 0.717) is 6.42 Å². The number of amides is 1. The highest BCUT2D eigenvalue weighted by Gasteiger charge is 2.51. The van der Waals surface area contributed by atoms with Crippen LogP contribution < -0.4 is 5.32 Å². The number of carboxylic acids is 2. The molecule has 0 radical (unpaired) electrons. The predicted molar refractivity (Wildman–Crippen MR) is 77.4 cm³/mol. The molecule has 2 bridgehead atoms. The average Bonchev–Trinajstić information content (AvgIpc) is 3.08. The third kappa shape index (κ3) is 2.26. The number of carbonyl (C=O) groups excluding carboxylic acids is 1. The lowest BCUT2D eigenvalue weighted by molar-refractivity contribution is -0.146. The van der Waals surface area contributed by atoms with Crippen molar-refractivity contribution in [2.45, 2.75) is 6.42 Å². The van der Waals surface area contributed by atoms with E-state index < -0.39 is 29.7 Å². The summed E-state index contributed by atoms with van der Waals surface area (Å²) in [5, 5.41) is 21.1. The Kier molecular flexibility index (Phi) is 3.44. The molecule has 0 saturated heterocycles. The van der Waals surface area contributed by atoms with Gasteiger partial charge in [0.1, 0.15) is 0 Å². The van der Waals surface area contributed by atoms with E-state index in [4.69, 9.17) is 5.11 Å². The Morgan fingerprint density at radius 1 is 1.00 bits per heavy atom. The van der Waals surface area contributed by atoms with Gasteiger partial charge in [0.15, 0.2) is 0 Å². The Hall–Kier alpha value is -2.63. The molecule has 1 aromatic rings. The predicted octanol–water partition coefficient (Wildman–Crippen LogP) is 1.85. The molecule has 1 aromatic carbocycles. The zero-order valence-corrected chi connectivity index (χ0v) is 11.6. The zero-order valence-electron chi connectivity index (χ0n) is 11.6. The maximum atomic E-state index is 12.5. The largest absolute Gasteiger partial charge is 0.481 e. The Bertz CT molecular complexity index is 681. The number of hydrogen-bond acceptors (Lipinski definition) is 3.